The molecule has 3 aromatic rings. The maximum Gasteiger partial charge on any atom is 0.316 e. The highest BCUT2D eigenvalue weighted by Gasteiger charge is 2.23. The average molecular weight is 497 g/mol. The van der Waals surface area contributed by atoms with Crippen LogP contribution in [0.2, 0.25) is 0 Å². The van der Waals surface area contributed by atoms with Gasteiger partial charge in [-0.05, 0) is 43.0 Å². The van der Waals surface area contributed by atoms with Crippen molar-refractivity contribution in [3.8, 4) is 17.2 Å². The van der Waals surface area contributed by atoms with E-state index in [1.165, 1.54) is 30.5 Å². The lowest BCUT2D eigenvalue weighted by Gasteiger charge is -2.34. The number of rotatable bonds is 6. The molecule has 0 unspecified atom stereocenters. The number of ether oxygens (including phenoxy) is 3. The Balaban J connectivity index is 1.85. The molecule has 10 heteroatoms. The fourth-order valence-electron chi connectivity index (χ4n) is 4.63. The number of nitrogens with one attached hydrogen (secondary N) is 1. The van der Waals surface area contributed by atoms with Crippen molar-refractivity contribution in [3.05, 3.63) is 50.5 Å². The molecule has 0 saturated carbocycles. The van der Waals surface area contributed by atoms with Crippen LogP contribution in [0.1, 0.15) is 30.1 Å². The van der Waals surface area contributed by atoms with Crippen LogP contribution in [-0.2, 0) is 14.1 Å². The van der Waals surface area contributed by atoms with Gasteiger partial charge in [-0.25, -0.2) is 0 Å². The minimum absolute atomic E-state index is 0.317. The highest BCUT2D eigenvalue weighted by Crippen LogP contribution is 2.39. The first-order valence-electron chi connectivity index (χ1n) is 11.8. The fraction of sp³-hybridized carbons (Fsp3) is 0.423. The fourth-order valence-corrected chi connectivity index (χ4v) is 4.63. The van der Waals surface area contributed by atoms with Crippen LogP contribution in [0, 0.1) is 5.92 Å². The normalized spacial score (nSPS) is 14.1. The van der Waals surface area contributed by atoms with Gasteiger partial charge in [-0.1, -0.05) is 6.92 Å². The van der Waals surface area contributed by atoms with Gasteiger partial charge in [0.2, 0.25) is 5.75 Å². The molecule has 1 amide bonds. The zero-order chi connectivity index (χ0) is 26.1. The number of nitrogens with zero attached hydrogens (tertiary/aromatic N) is 3. The van der Waals surface area contributed by atoms with Crippen molar-refractivity contribution in [1.29, 1.82) is 0 Å². The highest BCUT2D eigenvalue weighted by atomic mass is 16.5. The average Bonchev–Trinajstić information content (AvgIpc) is 2.89. The Morgan fingerprint density at radius 2 is 1.39 bits per heavy atom. The first kappa shape index (κ1) is 25.2. The third-order valence-corrected chi connectivity index (χ3v) is 6.91. The highest BCUT2D eigenvalue weighted by molar-refractivity contribution is 6.08. The predicted octanol–water partition coefficient (Wildman–Crippen LogP) is 2.75. The lowest BCUT2D eigenvalue weighted by molar-refractivity contribution is 0.102. The van der Waals surface area contributed by atoms with Gasteiger partial charge in [-0.15, -0.1) is 0 Å². The Bertz CT molecular complexity index is 1410. The van der Waals surface area contributed by atoms with E-state index in [1.807, 2.05) is 6.07 Å². The van der Waals surface area contributed by atoms with Gasteiger partial charge in [-0.3, -0.25) is 14.4 Å². The smallest absolute Gasteiger partial charge is 0.316 e. The van der Waals surface area contributed by atoms with E-state index < -0.39 is 11.1 Å². The molecule has 0 atom stereocenters. The van der Waals surface area contributed by atoms with Gasteiger partial charge in [0.05, 0.1) is 43.7 Å². The summed E-state index contributed by atoms with van der Waals surface area (Å²) in [6.07, 6.45) is 2.04. The minimum atomic E-state index is -0.633. The number of hydrogen-bond donors (Lipinski definition) is 1. The number of aromatic nitrogens is 2. The first-order chi connectivity index (χ1) is 17.2. The molecule has 1 N–H and O–H groups in total. The third kappa shape index (κ3) is 4.38. The monoisotopic (exact) mass is 496 g/mol. The number of hydrogen-bond acceptors (Lipinski definition) is 7. The summed E-state index contributed by atoms with van der Waals surface area (Å²) in [5, 5.41) is 3.01. The number of aryl methyl sites for hydroxylation is 2. The molecule has 10 nitrogen and oxygen atoms in total. The van der Waals surface area contributed by atoms with E-state index in [9.17, 15) is 14.4 Å². The van der Waals surface area contributed by atoms with Gasteiger partial charge in [-0.2, -0.15) is 0 Å². The summed E-state index contributed by atoms with van der Waals surface area (Å²) in [6.45, 7) is 3.86. The zero-order valence-corrected chi connectivity index (χ0v) is 21.5. The number of anilines is 2. The van der Waals surface area contributed by atoms with Crippen molar-refractivity contribution in [2.45, 2.75) is 19.8 Å². The van der Waals surface area contributed by atoms with Gasteiger partial charge in [0.1, 0.15) is 0 Å². The second-order valence-electron chi connectivity index (χ2n) is 9.12. The van der Waals surface area contributed by atoms with Crippen molar-refractivity contribution < 1.29 is 19.0 Å². The van der Waals surface area contributed by atoms with Gasteiger partial charge < -0.3 is 33.6 Å². The maximum absolute atomic E-state index is 13.4. The van der Waals surface area contributed by atoms with E-state index in [1.54, 1.807) is 32.3 Å². The molecular weight excluding hydrogens is 464 g/mol. The molecule has 1 saturated heterocycles. The Morgan fingerprint density at radius 3 is 1.89 bits per heavy atom. The largest absolute Gasteiger partial charge is 0.493 e. The van der Waals surface area contributed by atoms with Gasteiger partial charge in [0, 0.05) is 32.7 Å². The molecule has 0 bridgehead atoms. The van der Waals surface area contributed by atoms with Crippen molar-refractivity contribution >= 4 is 28.3 Å². The summed E-state index contributed by atoms with van der Waals surface area (Å²) in [7, 11) is 7.62. The number of carbonyl (C=O) groups is 1. The molecule has 2 aromatic carbocycles. The van der Waals surface area contributed by atoms with E-state index in [2.05, 4.69) is 17.1 Å². The van der Waals surface area contributed by atoms with Crippen LogP contribution in [0.15, 0.2) is 33.9 Å². The lowest BCUT2D eigenvalue weighted by Crippen LogP contribution is -2.39. The number of benzene rings is 2. The van der Waals surface area contributed by atoms with Crippen LogP contribution in [0.4, 0.5) is 11.4 Å². The number of methoxy groups -OCH3 is 3. The van der Waals surface area contributed by atoms with E-state index >= 15 is 0 Å². The Morgan fingerprint density at radius 1 is 0.861 bits per heavy atom. The summed E-state index contributed by atoms with van der Waals surface area (Å²) >= 11 is 0. The van der Waals surface area contributed by atoms with Crippen LogP contribution < -0.4 is 35.5 Å². The lowest BCUT2D eigenvalue weighted by atomic mass is 9.98. The van der Waals surface area contributed by atoms with Crippen molar-refractivity contribution in [1.82, 2.24) is 9.13 Å². The molecule has 0 aliphatic carbocycles. The first-order valence-corrected chi connectivity index (χ1v) is 11.8. The van der Waals surface area contributed by atoms with Crippen LogP contribution in [-0.4, -0.2) is 49.5 Å². The number of piperidine rings is 1. The Labute approximate surface area is 209 Å². The maximum atomic E-state index is 13.4. The summed E-state index contributed by atoms with van der Waals surface area (Å²) in [5.74, 6) is 1.35. The third-order valence-electron chi connectivity index (χ3n) is 6.91. The molecule has 192 valence electrons. The summed E-state index contributed by atoms with van der Waals surface area (Å²) in [4.78, 5) is 40.6. The van der Waals surface area contributed by atoms with Crippen LogP contribution in [0.5, 0.6) is 17.2 Å². The van der Waals surface area contributed by atoms with Crippen LogP contribution in [0.3, 0.4) is 0 Å². The topological polar surface area (TPSA) is 104 Å². The second kappa shape index (κ2) is 9.96. The van der Waals surface area contributed by atoms with Gasteiger partial charge in [0.15, 0.2) is 11.5 Å². The quantitative estimate of drug-likeness (QED) is 0.524. The Hall–Kier alpha value is -3.95. The molecule has 1 aliphatic heterocycles. The minimum Gasteiger partial charge on any atom is -0.493 e. The number of amides is 1. The number of fused-ring (bicyclic) bond motifs is 1. The molecule has 0 radical (unpaired) electrons. The van der Waals surface area contributed by atoms with E-state index in [4.69, 9.17) is 14.2 Å². The van der Waals surface area contributed by atoms with Gasteiger partial charge in [0.25, 0.3) is 5.91 Å². The molecular formula is C26H32N4O6. The standard InChI is InChI=1S/C26H32N4O6/c1-15-7-9-30(10-8-15)18-14-20-19(28(2)25(32)26(33)29(20)3)13-17(18)27-24(31)16-11-21(34-4)23(36-6)22(12-16)35-5/h11-15H,7-10H2,1-6H3,(H,27,31). The molecule has 1 aliphatic rings. The predicted molar refractivity (Wildman–Crippen MR) is 139 cm³/mol. The summed E-state index contributed by atoms with van der Waals surface area (Å²) in [5.41, 5.74) is 1.58. The molecule has 36 heavy (non-hydrogen) atoms. The molecule has 0 spiro atoms. The van der Waals surface area contributed by atoms with Crippen LogP contribution in [0.25, 0.3) is 11.0 Å². The van der Waals surface area contributed by atoms with Crippen molar-refractivity contribution in [3.63, 3.8) is 0 Å². The van der Waals surface area contributed by atoms with Crippen molar-refractivity contribution in [2.75, 3.05) is 44.6 Å². The molecule has 2 heterocycles. The summed E-state index contributed by atoms with van der Waals surface area (Å²) in [6, 6.07) is 6.79. The van der Waals surface area contributed by atoms with Gasteiger partial charge >= 0.3 is 11.1 Å². The molecule has 4 rings (SSSR count). The zero-order valence-electron chi connectivity index (χ0n) is 21.5. The van der Waals surface area contributed by atoms with Crippen molar-refractivity contribution in [2.24, 2.45) is 20.0 Å². The molecule has 1 fully saturated rings. The van der Waals surface area contributed by atoms with E-state index in [0.29, 0.717) is 45.5 Å². The van der Waals surface area contributed by atoms with Crippen LogP contribution >= 0.6 is 0 Å². The second-order valence-corrected chi connectivity index (χ2v) is 9.12. The Kier molecular flexibility index (Phi) is 6.96. The van der Waals surface area contributed by atoms with E-state index in [0.717, 1.165) is 31.6 Å². The van der Waals surface area contributed by atoms with E-state index in [-0.39, 0.29) is 5.91 Å². The molecule has 1 aromatic heterocycles. The number of carbonyl (C=O) groups excluding carboxylic acids is 1. The summed E-state index contributed by atoms with van der Waals surface area (Å²) < 4.78 is 18.8. The SMILES string of the molecule is COc1cc(C(=O)Nc2cc3c(cc2N2CCC(C)CC2)n(C)c(=O)c(=O)n3C)cc(OC)c1OC.